The van der Waals surface area contributed by atoms with Gasteiger partial charge in [0.2, 0.25) is 0 Å². The molecule has 8 heteroatoms. The second-order valence-corrected chi connectivity index (χ2v) is 8.95. The van der Waals surface area contributed by atoms with Gasteiger partial charge < -0.3 is 5.32 Å². The molecule has 0 radical (unpaired) electrons. The smallest absolute Gasteiger partial charge is 0.352 e. The average molecular weight is 483 g/mol. The van der Waals surface area contributed by atoms with Crippen LogP contribution in [0, 0.1) is 11.8 Å². The number of alkyl halides is 3. The summed E-state index contributed by atoms with van der Waals surface area (Å²) in [6.07, 6.45) is 3.11. The van der Waals surface area contributed by atoms with Crippen molar-refractivity contribution in [2.75, 3.05) is 19.3 Å². The molecule has 2 aliphatic rings. The first-order valence-corrected chi connectivity index (χ1v) is 12.5. The fourth-order valence-corrected chi connectivity index (χ4v) is 2.95. The summed E-state index contributed by atoms with van der Waals surface area (Å²) < 4.78 is 40.3. The highest BCUT2D eigenvalue weighted by Crippen LogP contribution is 2.32. The first-order chi connectivity index (χ1) is 14.7. The van der Waals surface area contributed by atoms with Crippen LogP contribution in [0.3, 0.4) is 0 Å². The van der Waals surface area contributed by atoms with E-state index in [9.17, 15) is 18.0 Å². The lowest BCUT2D eigenvalue weighted by Gasteiger charge is -2.25. The Morgan fingerprint density at radius 1 is 1.19 bits per heavy atom. The molecule has 3 rings (SSSR count). The van der Waals surface area contributed by atoms with Crippen molar-refractivity contribution in [2.24, 2.45) is 11.8 Å². The van der Waals surface area contributed by atoms with Gasteiger partial charge in [0.15, 0.2) is 0 Å². The van der Waals surface area contributed by atoms with E-state index in [4.69, 9.17) is 11.6 Å². The zero-order valence-corrected chi connectivity index (χ0v) is 20.9. The Balaban J connectivity index is 0.000000615. The quantitative estimate of drug-likeness (QED) is 0.324. The van der Waals surface area contributed by atoms with Crippen molar-refractivity contribution in [3.05, 3.63) is 34.3 Å². The lowest BCUT2D eigenvalue weighted by atomic mass is 9.85. The third kappa shape index (κ3) is 14.0. The van der Waals surface area contributed by atoms with Crippen LogP contribution in [0.4, 0.5) is 13.2 Å². The summed E-state index contributed by atoms with van der Waals surface area (Å²) in [4.78, 5) is 11.8. The largest absolute Gasteiger partial charge is 0.416 e. The fraction of sp³-hybridized carbons (Fsp3) is 0.696. The summed E-state index contributed by atoms with van der Waals surface area (Å²) in [7, 11) is 1.94. The van der Waals surface area contributed by atoms with E-state index in [0.29, 0.717) is 12.5 Å². The fourth-order valence-electron chi connectivity index (χ4n) is 2.28. The topological polar surface area (TPSA) is 41.1 Å². The molecule has 31 heavy (non-hydrogen) atoms. The molecule has 1 aromatic carbocycles. The van der Waals surface area contributed by atoms with E-state index >= 15 is 0 Å². The van der Waals surface area contributed by atoms with Gasteiger partial charge in [0, 0.05) is 12.3 Å². The predicted molar refractivity (Wildman–Crippen MR) is 128 cm³/mol. The second-order valence-electron chi connectivity index (χ2n) is 7.43. The van der Waals surface area contributed by atoms with Crippen LogP contribution in [-0.2, 0) is 6.18 Å². The number of halogens is 4. The number of hydrogen-bond acceptors (Lipinski definition) is 3. The van der Waals surface area contributed by atoms with Gasteiger partial charge in [0.1, 0.15) is 0 Å². The lowest BCUT2D eigenvalue weighted by Crippen LogP contribution is -2.32. The molecule has 180 valence electrons. The SMILES string of the molecule is CC.CC1CC1.CCCSNC.O=C(NCC1CCC1)c1ccc(C(F)(F)F)cc1Cl. The molecular weight excluding hydrogens is 445 g/mol. The van der Waals surface area contributed by atoms with Crippen molar-refractivity contribution in [1.82, 2.24) is 10.0 Å². The van der Waals surface area contributed by atoms with Gasteiger partial charge in [-0.2, -0.15) is 13.2 Å². The second kappa shape index (κ2) is 16.7. The molecule has 2 saturated carbocycles. The van der Waals surface area contributed by atoms with Crippen molar-refractivity contribution in [2.45, 2.75) is 72.4 Å². The monoisotopic (exact) mass is 482 g/mol. The van der Waals surface area contributed by atoms with Gasteiger partial charge in [0.05, 0.1) is 16.1 Å². The van der Waals surface area contributed by atoms with Crippen LogP contribution < -0.4 is 10.0 Å². The lowest BCUT2D eigenvalue weighted by molar-refractivity contribution is -0.137. The minimum Gasteiger partial charge on any atom is -0.352 e. The van der Waals surface area contributed by atoms with E-state index in [1.54, 1.807) is 11.9 Å². The van der Waals surface area contributed by atoms with E-state index in [2.05, 4.69) is 23.9 Å². The van der Waals surface area contributed by atoms with Crippen molar-refractivity contribution in [1.29, 1.82) is 0 Å². The number of nitrogens with one attached hydrogen (secondary N) is 2. The standard InChI is InChI=1S/C13H13ClF3NO.C4H11NS.C4H8.C2H6/c14-11-6-9(13(15,16)17)4-5-10(11)12(19)18-7-8-2-1-3-8;1-3-4-6-5-2;1-4-2-3-4;1-2/h4-6,8H,1-3,7H2,(H,18,19);5H,3-4H2,1-2H3;4H,2-3H2,1H3;1-2H3. The van der Waals surface area contributed by atoms with Crippen LogP contribution in [0.1, 0.15) is 82.1 Å². The van der Waals surface area contributed by atoms with Crippen LogP contribution >= 0.6 is 23.5 Å². The highest BCUT2D eigenvalue weighted by molar-refractivity contribution is 7.97. The summed E-state index contributed by atoms with van der Waals surface area (Å²) in [5.74, 6) is 2.36. The molecule has 0 saturated heterocycles. The highest BCUT2D eigenvalue weighted by atomic mass is 35.5. The molecule has 0 heterocycles. The van der Waals surface area contributed by atoms with Gasteiger partial charge in [-0.3, -0.25) is 9.52 Å². The van der Waals surface area contributed by atoms with Gasteiger partial charge in [-0.15, -0.1) is 0 Å². The number of carbonyl (C=O) groups excluding carboxylic acids is 1. The van der Waals surface area contributed by atoms with Crippen molar-refractivity contribution >= 4 is 29.5 Å². The van der Waals surface area contributed by atoms with Gasteiger partial charge in [-0.25, -0.2) is 0 Å². The zero-order valence-electron chi connectivity index (χ0n) is 19.4. The van der Waals surface area contributed by atoms with Gasteiger partial charge in [0.25, 0.3) is 5.91 Å². The molecule has 0 atom stereocenters. The normalized spacial score (nSPS) is 15.1. The molecule has 1 amide bonds. The van der Waals surface area contributed by atoms with E-state index in [-0.39, 0.29) is 10.6 Å². The van der Waals surface area contributed by atoms with Crippen molar-refractivity contribution < 1.29 is 18.0 Å². The van der Waals surface area contributed by atoms with E-state index in [0.717, 1.165) is 37.0 Å². The maximum Gasteiger partial charge on any atom is 0.416 e. The number of rotatable bonds is 6. The van der Waals surface area contributed by atoms with Crippen LogP contribution in [0.25, 0.3) is 0 Å². The first-order valence-electron chi connectivity index (χ1n) is 11.1. The minimum atomic E-state index is -4.45. The number of benzene rings is 1. The Bertz CT molecular complexity index is 617. The maximum atomic E-state index is 12.4. The maximum absolute atomic E-state index is 12.4. The van der Waals surface area contributed by atoms with E-state index < -0.39 is 17.6 Å². The van der Waals surface area contributed by atoms with Gasteiger partial charge in [-0.05, 0) is 56.3 Å². The zero-order chi connectivity index (χ0) is 23.9. The van der Waals surface area contributed by atoms with Crippen molar-refractivity contribution in [3.8, 4) is 0 Å². The predicted octanol–water partition coefficient (Wildman–Crippen LogP) is 7.60. The third-order valence-electron chi connectivity index (χ3n) is 4.63. The van der Waals surface area contributed by atoms with E-state index in [1.807, 2.05) is 20.9 Å². The van der Waals surface area contributed by atoms with Crippen LogP contribution in [0.5, 0.6) is 0 Å². The summed E-state index contributed by atoms with van der Waals surface area (Å²) in [6, 6.07) is 2.76. The molecule has 0 aromatic heterocycles. The molecule has 2 aliphatic carbocycles. The molecule has 0 unspecified atom stereocenters. The molecule has 3 nitrogen and oxygen atoms in total. The number of hydrogen-bond donors (Lipinski definition) is 2. The molecule has 0 spiro atoms. The number of carbonyl (C=O) groups is 1. The first kappa shape index (κ1) is 30.1. The summed E-state index contributed by atoms with van der Waals surface area (Å²) in [5, 5.41) is 2.52. The molecule has 1 aromatic rings. The van der Waals surface area contributed by atoms with Crippen LogP contribution in [-0.4, -0.2) is 25.3 Å². The van der Waals surface area contributed by atoms with Crippen LogP contribution in [0.15, 0.2) is 18.2 Å². The Morgan fingerprint density at radius 2 is 1.77 bits per heavy atom. The summed E-state index contributed by atoms with van der Waals surface area (Å²) >= 11 is 7.49. The molecular formula is C23H38ClF3N2OS. The molecule has 0 bridgehead atoms. The molecule has 0 aliphatic heterocycles. The van der Waals surface area contributed by atoms with E-state index in [1.165, 1.54) is 31.4 Å². The van der Waals surface area contributed by atoms with Gasteiger partial charge >= 0.3 is 6.18 Å². The number of amides is 1. The Kier molecular flexibility index (Phi) is 16.2. The Hall–Kier alpha value is -0.920. The van der Waals surface area contributed by atoms with Crippen molar-refractivity contribution in [3.63, 3.8) is 0 Å². The third-order valence-corrected chi connectivity index (χ3v) is 5.85. The molecule has 2 fully saturated rings. The Morgan fingerprint density at radius 3 is 2.10 bits per heavy atom. The van der Waals surface area contributed by atoms with Gasteiger partial charge in [-0.1, -0.05) is 70.5 Å². The molecule has 2 N–H and O–H groups in total. The average Bonchev–Trinajstić information content (AvgIpc) is 3.49. The van der Waals surface area contributed by atoms with Crippen LogP contribution in [0.2, 0.25) is 5.02 Å². The Labute approximate surface area is 195 Å². The summed E-state index contributed by atoms with van der Waals surface area (Å²) in [6.45, 7) is 9.00. The highest BCUT2D eigenvalue weighted by Gasteiger charge is 2.31. The summed E-state index contributed by atoms with van der Waals surface area (Å²) in [5.41, 5.74) is -0.776. The minimum absolute atomic E-state index is 0.0778.